The maximum absolute atomic E-state index is 10.7. The largest absolute Gasteiger partial charge is 0.490 e. The molecule has 0 amide bonds. The first-order valence-electron chi connectivity index (χ1n) is 4.26. The predicted octanol–water partition coefficient (Wildman–Crippen LogP) is 1.54. The number of nitro benzene ring substituents is 1. The summed E-state index contributed by atoms with van der Waals surface area (Å²) in [5.74, 6) is 0.0502. The second-order valence-corrected chi connectivity index (χ2v) is 2.89. The highest BCUT2D eigenvalue weighted by atomic mass is 16.6. The molecule has 0 saturated heterocycles. The molecule has 0 aliphatic heterocycles. The Labute approximate surface area is 91.4 Å². The van der Waals surface area contributed by atoms with Crippen molar-refractivity contribution in [2.24, 2.45) is 0 Å². The van der Waals surface area contributed by atoms with Gasteiger partial charge < -0.3 is 4.74 Å². The number of rotatable bonds is 3. The Hall–Kier alpha value is -2.60. The number of methoxy groups -OCH3 is 1. The van der Waals surface area contributed by atoms with Crippen LogP contribution in [0.15, 0.2) is 12.1 Å². The molecule has 1 aromatic rings. The summed E-state index contributed by atoms with van der Waals surface area (Å²) in [6, 6.07) is 6.16. The van der Waals surface area contributed by atoms with Crippen molar-refractivity contribution in [1.82, 2.24) is 0 Å². The first-order chi connectivity index (χ1) is 7.63. The highest BCUT2D eigenvalue weighted by Gasteiger charge is 2.18. The smallest absolute Gasteiger partial charge is 0.312 e. The average Bonchev–Trinajstić information content (AvgIpc) is 2.28. The lowest BCUT2D eigenvalue weighted by Gasteiger charge is -2.04. The zero-order valence-electron chi connectivity index (χ0n) is 8.43. The van der Waals surface area contributed by atoms with Gasteiger partial charge in [0, 0.05) is 6.07 Å². The lowest BCUT2D eigenvalue weighted by atomic mass is 10.0. The van der Waals surface area contributed by atoms with Gasteiger partial charge in [-0.25, -0.2) is 0 Å². The molecule has 0 aliphatic carbocycles. The van der Waals surface area contributed by atoms with E-state index in [2.05, 4.69) is 0 Å². The number of hydrogen-bond donors (Lipinski definition) is 0. The van der Waals surface area contributed by atoms with Crippen molar-refractivity contribution in [3.63, 3.8) is 0 Å². The fourth-order valence-electron chi connectivity index (χ4n) is 1.25. The maximum atomic E-state index is 10.7. The summed E-state index contributed by atoms with van der Waals surface area (Å²) in [7, 11) is 1.30. The maximum Gasteiger partial charge on any atom is 0.312 e. The van der Waals surface area contributed by atoms with Gasteiger partial charge >= 0.3 is 5.69 Å². The van der Waals surface area contributed by atoms with E-state index in [1.807, 2.05) is 12.1 Å². The summed E-state index contributed by atoms with van der Waals surface area (Å²) < 4.78 is 4.83. The summed E-state index contributed by atoms with van der Waals surface area (Å²) in [5.41, 5.74) is 0.266. The number of ether oxygens (including phenoxy) is 1. The Bertz CT molecular complexity index is 511. The minimum absolute atomic E-state index is 0.0112. The highest BCUT2D eigenvalue weighted by Crippen LogP contribution is 2.30. The van der Waals surface area contributed by atoms with E-state index in [0.717, 1.165) is 6.07 Å². The highest BCUT2D eigenvalue weighted by molar-refractivity contribution is 5.56. The van der Waals surface area contributed by atoms with Gasteiger partial charge in [-0.05, 0) is 11.6 Å². The van der Waals surface area contributed by atoms with E-state index in [0.29, 0.717) is 5.56 Å². The molecule has 0 N–H and O–H groups in total. The Morgan fingerprint density at radius 3 is 2.62 bits per heavy atom. The van der Waals surface area contributed by atoms with Gasteiger partial charge in [0.2, 0.25) is 0 Å². The molecule has 1 rings (SSSR count). The van der Waals surface area contributed by atoms with Gasteiger partial charge in [0.05, 0.1) is 36.2 Å². The minimum Gasteiger partial charge on any atom is -0.490 e. The Kier molecular flexibility index (Phi) is 3.41. The van der Waals surface area contributed by atoms with E-state index in [1.54, 1.807) is 0 Å². The summed E-state index contributed by atoms with van der Waals surface area (Å²) >= 11 is 0. The Morgan fingerprint density at radius 2 is 2.19 bits per heavy atom. The number of nitro groups is 1. The van der Waals surface area contributed by atoms with Crippen LogP contribution in [0.1, 0.15) is 11.1 Å². The Morgan fingerprint density at radius 1 is 1.50 bits per heavy atom. The van der Waals surface area contributed by atoms with Crippen LogP contribution in [0.4, 0.5) is 5.69 Å². The van der Waals surface area contributed by atoms with Crippen molar-refractivity contribution in [1.29, 1.82) is 10.5 Å². The molecular formula is C10H7N3O3. The van der Waals surface area contributed by atoms with E-state index >= 15 is 0 Å². The lowest BCUT2D eigenvalue weighted by Crippen LogP contribution is -1.98. The van der Waals surface area contributed by atoms with Crippen LogP contribution in [0, 0.1) is 32.8 Å². The normalized spacial score (nSPS) is 8.94. The van der Waals surface area contributed by atoms with Gasteiger partial charge in [0.15, 0.2) is 5.75 Å². The summed E-state index contributed by atoms with van der Waals surface area (Å²) in [5, 5.41) is 28.0. The second kappa shape index (κ2) is 4.76. The minimum atomic E-state index is -0.629. The molecular weight excluding hydrogens is 210 g/mol. The molecule has 0 atom stereocenters. The Balaban J connectivity index is 3.42. The molecule has 80 valence electrons. The van der Waals surface area contributed by atoms with Crippen LogP contribution < -0.4 is 4.74 Å². The van der Waals surface area contributed by atoms with Gasteiger partial charge in [-0.3, -0.25) is 10.1 Å². The van der Waals surface area contributed by atoms with Gasteiger partial charge in [0.25, 0.3) is 0 Å². The van der Waals surface area contributed by atoms with Crippen LogP contribution in [0.25, 0.3) is 0 Å². The van der Waals surface area contributed by atoms with Gasteiger partial charge in [-0.2, -0.15) is 10.5 Å². The third-order valence-corrected chi connectivity index (χ3v) is 1.99. The zero-order valence-corrected chi connectivity index (χ0v) is 8.43. The van der Waals surface area contributed by atoms with E-state index < -0.39 is 4.92 Å². The number of benzene rings is 1. The van der Waals surface area contributed by atoms with Crippen LogP contribution in [0.3, 0.4) is 0 Å². The summed E-state index contributed by atoms with van der Waals surface area (Å²) in [6.45, 7) is 0. The molecule has 0 bridgehead atoms. The third kappa shape index (κ3) is 2.07. The van der Waals surface area contributed by atoms with E-state index in [4.69, 9.17) is 15.3 Å². The molecule has 0 radical (unpaired) electrons. The van der Waals surface area contributed by atoms with Gasteiger partial charge in [-0.15, -0.1) is 0 Å². The number of hydrogen-bond acceptors (Lipinski definition) is 5. The monoisotopic (exact) mass is 217 g/mol. The average molecular weight is 217 g/mol. The molecule has 6 nitrogen and oxygen atoms in total. The fourth-order valence-corrected chi connectivity index (χ4v) is 1.25. The van der Waals surface area contributed by atoms with Crippen LogP contribution in [-0.2, 0) is 6.42 Å². The van der Waals surface area contributed by atoms with Crippen molar-refractivity contribution >= 4 is 5.69 Å². The third-order valence-electron chi connectivity index (χ3n) is 1.99. The van der Waals surface area contributed by atoms with E-state index in [-0.39, 0.29) is 23.4 Å². The van der Waals surface area contributed by atoms with Crippen molar-refractivity contribution in [2.45, 2.75) is 6.42 Å². The standard InChI is InChI=1S/C10H7N3O3/c1-16-10-5-7(2-3-11)8(6-12)4-9(10)13(14)15/h4-5H,2H2,1H3. The first kappa shape index (κ1) is 11.5. The van der Waals surface area contributed by atoms with Crippen molar-refractivity contribution in [3.05, 3.63) is 33.4 Å². The molecule has 0 spiro atoms. The summed E-state index contributed by atoms with van der Waals surface area (Å²) in [4.78, 5) is 10.0. The van der Waals surface area contributed by atoms with Crippen LogP contribution in [-0.4, -0.2) is 12.0 Å². The SMILES string of the molecule is COc1cc(CC#N)c(C#N)cc1[N+](=O)[O-]. The van der Waals surface area contributed by atoms with Crippen molar-refractivity contribution in [3.8, 4) is 17.9 Å². The number of nitriles is 2. The van der Waals surface area contributed by atoms with Crippen LogP contribution in [0.2, 0.25) is 0 Å². The second-order valence-electron chi connectivity index (χ2n) is 2.89. The molecule has 0 saturated carbocycles. The molecule has 16 heavy (non-hydrogen) atoms. The van der Waals surface area contributed by atoms with Gasteiger partial charge in [-0.1, -0.05) is 0 Å². The predicted molar refractivity (Wildman–Crippen MR) is 53.7 cm³/mol. The molecule has 0 heterocycles. The van der Waals surface area contributed by atoms with Crippen molar-refractivity contribution < 1.29 is 9.66 Å². The molecule has 1 aromatic carbocycles. The first-order valence-corrected chi connectivity index (χ1v) is 4.26. The molecule has 0 fully saturated rings. The van der Waals surface area contributed by atoms with E-state index in [9.17, 15) is 10.1 Å². The quantitative estimate of drug-likeness (QED) is 0.564. The van der Waals surface area contributed by atoms with Crippen molar-refractivity contribution in [2.75, 3.05) is 7.11 Å². The topological polar surface area (TPSA) is 99.9 Å². The molecule has 0 aromatic heterocycles. The molecule has 0 aliphatic rings. The lowest BCUT2D eigenvalue weighted by molar-refractivity contribution is -0.385. The van der Waals surface area contributed by atoms with Crippen LogP contribution in [0.5, 0.6) is 5.75 Å². The summed E-state index contributed by atoms with van der Waals surface area (Å²) in [6.07, 6.45) is 0.0112. The van der Waals surface area contributed by atoms with E-state index in [1.165, 1.54) is 13.2 Å². The number of nitrogens with zero attached hydrogens (tertiary/aromatic N) is 3. The fraction of sp³-hybridized carbons (Fsp3) is 0.200. The zero-order chi connectivity index (χ0) is 12.1. The van der Waals surface area contributed by atoms with Crippen LogP contribution >= 0.6 is 0 Å². The van der Waals surface area contributed by atoms with Gasteiger partial charge in [0.1, 0.15) is 0 Å². The molecule has 0 unspecified atom stereocenters. The molecule has 6 heteroatoms.